The van der Waals surface area contributed by atoms with Crippen LogP contribution in [-0.2, 0) is 5.41 Å². The largest absolute Gasteiger partial charge is 0.320 e. The highest BCUT2D eigenvalue weighted by Crippen LogP contribution is 2.34. The summed E-state index contributed by atoms with van der Waals surface area (Å²) in [4.78, 5) is 0. The van der Waals surface area contributed by atoms with Crippen molar-refractivity contribution in [3.8, 4) is 0 Å². The molecule has 0 saturated carbocycles. The molecule has 0 aliphatic rings. The Hall–Kier alpha value is -0.480. The van der Waals surface area contributed by atoms with Crippen LogP contribution < -0.4 is 5.32 Å². The minimum Gasteiger partial charge on any atom is -0.320 e. The van der Waals surface area contributed by atoms with Gasteiger partial charge in [0.1, 0.15) is 11.6 Å². The molecule has 0 aliphatic heterocycles. The fourth-order valence-electron chi connectivity index (χ4n) is 1.71. The van der Waals surface area contributed by atoms with Crippen LogP contribution in [0.3, 0.4) is 0 Å². The van der Waals surface area contributed by atoms with Gasteiger partial charge in [0.2, 0.25) is 0 Å². The normalized spacial score (nSPS) is 11.9. The molecular formula is C12H16BrF2N. The lowest BCUT2D eigenvalue weighted by Crippen LogP contribution is -2.26. The molecule has 0 aromatic heterocycles. The van der Waals surface area contributed by atoms with Gasteiger partial charge in [-0.15, -0.1) is 0 Å². The Kier molecular flexibility index (Phi) is 4.44. The summed E-state index contributed by atoms with van der Waals surface area (Å²) in [6.07, 6.45) is 0.674. The van der Waals surface area contributed by atoms with Crippen molar-refractivity contribution < 1.29 is 8.78 Å². The number of rotatable bonds is 4. The summed E-state index contributed by atoms with van der Waals surface area (Å²) >= 11 is 3.08. The maximum absolute atomic E-state index is 13.9. The van der Waals surface area contributed by atoms with E-state index >= 15 is 0 Å². The fourth-order valence-corrected chi connectivity index (χ4v) is 2.04. The minimum atomic E-state index is -0.527. The lowest BCUT2D eigenvalue weighted by atomic mass is 9.81. The number of nitrogens with one attached hydrogen (secondary N) is 1. The van der Waals surface area contributed by atoms with E-state index in [4.69, 9.17) is 0 Å². The second-order valence-electron chi connectivity index (χ2n) is 4.46. The van der Waals surface area contributed by atoms with E-state index in [0.29, 0.717) is 10.9 Å². The second kappa shape index (κ2) is 5.23. The second-order valence-corrected chi connectivity index (χ2v) is 5.31. The van der Waals surface area contributed by atoms with Crippen molar-refractivity contribution in [2.45, 2.75) is 25.7 Å². The van der Waals surface area contributed by atoms with Crippen molar-refractivity contribution >= 4 is 15.9 Å². The van der Waals surface area contributed by atoms with E-state index in [1.807, 2.05) is 20.9 Å². The van der Waals surface area contributed by atoms with Gasteiger partial charge in [-0.3, -0.25) is 0 Å². The molecule has 0 saturated heterocycles. The van der Waals surface area contributed by atoms with Gasteiger partial charge >= 0.3 is 0 Å². The standard InChI is InChI=1S/C12H16BrF2N/c1-12(2,6-7-16-3)10-9(14)5-4-8(13)11(10)15/h4-5,16H,6-7H2,1-3H3. The van der Waals surface area contributed by atoms with Crippen LogP contribution in [0.1, 0.15) is 25.8 Å². The van der Waals surface area contributed by atoms with E-state index in [-0.39, 0.29) is 5.56 Å². The van der Waals surface area contributed by atoms with Crippen LogP contribution in [0.2, 0.25) is 0 Å². The van der Waals surface area contributed by atoms with E-state index in [2.05, 4.69) is 21.2 Å². The molecule has 0 atom stereocenters. The van der Waals surface area contributed by atoms with E-state index in [1.165, 1.54) is 12.1 Å². The van der Waals surface area contributed by atoms with E-state index in [9.17, 15) is 8.78 Å². The predicted molar refractivity (Wildman–Crippen MR) is 65.6 cm³/mol. The molecule has 1 rings (SSSR count). The Morgan fingerprint density at radius 1 is 1.31 bits per heavy atom. The van der Waals surface area contributed by atoms with Crippen LogP contribution >= 0.6 is 15.9 Å². The van der Waals surface area contributed by atoms with Crippen LogP contribution in [0.4, 0.5) is 8.78 Å². The number of hydrogen-bond acceptors (Lipinski definition) is 1. The van der Waals surface area contributed by atoms with Gasteiger partial charge in [0.05, 0.1) is 4.47 Å². The summed E-state index contributed by atoms with van der Waals surface area (Å²) in [6.45, 7) is 4.41. The molecule has 90 valence electrons. The van der Waals surface area contributed by atoms with Crippen LogP contribution in [0.15, 0.2) is 16.6 Å². The van der Waals surface area contributed by atoms with Crippen LogP contribution in [0.25, 0.3) is 0 Å². The van der Waals surface area contributed by atoms with Crippen molar-refractivity contribution in [2.24, 2.45) is 0 Å². The third-order valence-electron chi connectivity index (χ3n) is 2.72. The molecular weight excluding hydrogens is 276 g/mol. The average molecular weight is 292 g/mol. The van der Waals surface area contributed by atoms with Crippen molar-refractivity contribution in [1.29, 1.82) is 0 Å². The molecule has 16 heavy (non-hydrogen) atoms. The molecule has 1 aromatic rings. The Morgan fingerprint density at radius 2 is 1.94 bits per heavy atom. The summed E-state index contributed by atoms with van der Waals surface area (Å²) in [5, 5.41) is 2.99. The van der Waals surface area contributed by atoms with Crippen molar-refractivity contribution in [3.63, 3.8) is 0 Å². The zero-order chi connectivity index (χ0) is 12.3. The highest BCUT2D eigenvalue weighted by atomic mass is 79.9. The van der Waals surface area contributed by atoms with Crippen LogP contribution in [-0.4, -0.2) is 13.6 Å². The molecule has 0 spiro atoms. The van der Waals surface area contributed by atoms with Gasteiger partial charge in [0.15, 0.2) is 0 Å². The topological polar surface area (TPSA) is 12.0 Å². The maximum Gasteiger partial charge on any atom is 0.144 e. The van der Waals surface area contributed by atoms with Crippen molar-refractivity contribution in [3.05, 3.63) is 33.8 Å². The molecule has 1 N–H and O–H groups in total. The van der Waals surface area contributed by atoms with Gasteiger partial charge in [-0.25, -0.2) is 8.78 Å². The highest BCUT2D eigenvalue weighted by Gasteiger charge is 2.28. The first-order valence-corrected chi connectivity index (χ1v) is 5.98. The molecule has 1 aromatic carbocycles. The lowest BCUT2D eigenvalue weighted by molar-refractivity contribution is 0.414. The van der Waals surface area contributed by atoms with Gasteiger partial charge in [-0.05, 0) is 53.5 Å². The Bertz CT molecular complexity index is 378. The molecule has 0 heterocycles. The average Bonchev–Trinajstić information content (AvgIpc) is 2.21. The van der Waals surface area contributed by atoms with E-state index in [0.717, 1.165) is 6.54 Å². The van der Waals surface area contributed by atoms with Crippen LogP contribution in [0, 0.1) is 11.6 Å². The first-order chi connectivity index (χ1) is 7.40. The zero-order valence-corrected chi connectivity index (χ0v) is 11.3. The predicted octanol–water partition coefficient (Wildman–Crippen LogP) is 3.61. The highest BCUT2D eigenvalue weighted by molar-refractivity contribution is 9.10. The van der Waals surface area contributed by atoms with Gasteiger partial charge in [0, 0.05) is 5.56 Å². The molecule has 0 fully saturated rings. The lowest BCUT2D eigenvalue weighted by Gasteiger charge is -2.26. The SMILES string of the molecule is CNCCC(C)(C)c1c(F)ccc(Br)c1F. The molecule has 0 amide bonds. The molecule has 0 bridgehead atoms. The van der Waals surface area contributed by atoms with Crippen molar-refractivity contribution in [2.75, 3.05) is 13.6 Å². The summed E-state index contributed by atoms with van der Waals surface area (Å²) in [5.74, 6) is -0.983. The molecule has 0 radical (unpaired) electrons. The summed E-state index contributed by atoms with van der Waals surface area (Å²) < 4.78 is 27.9. The Labute approximate surface area is 103 Å². The molecule has 1 nitrogen and oxygen atoms in total. The molecule has 4 heteroatoms. The van der Waals surface area contributed by atoms with Gasteiger partial charge < -0.3 is 5.32 Å². The first-order valence-electron chi connectivity index (χ1n) is 5.18. The Morgan fingerprint density at radius 3 is 2.50 bits per heavy atom. The van der Waals surface area contributed by atoms with Crippen molar-refractivity contribution in [1.82, 2.24) is 5.32 Å². The minimum absolute atomic E-state index is 0.150. The monoisotopic (exact) mass is 291 g/mol. The van der Waals surface area contributed by atoms with Gasteiger partial charge in [-0.2, -0.15) is 0 Å². The summed E-state index contributed by atoms with van der Waals surface area (Å²) in [5.41, 5.74) is -0.377. The maximum atomic E-state index is 13.9. The summed E-state index contributed by atoms with van der Waals surface area (Å²) in [7, 11) is 1.82. The quantitative estimate of drug-likeness (QED) is 0.836. The number of benzene rings is 1. The number of halogens is 3. The van der Waals surface area contributed by atoms with Crippen LogP contribution in [0.5, 0.6) is 0 Å². The van der Waals surface area contributed by atoms with Gasteiger partial charge in [0.25, 0.3) is 0 Å². The molecule has 0 aliphatic carbocycles. The van der Waals surface area contributed by atoms with E-state index in [1.54, 1.807) is 0 Å². The first kappa shape index (κ1) is 13.6. The number of hydrogen-bond donors (Lipinski definition) is 1. The summed E-state index contributed by atoms with van der Waals surface area (Å²) in [6, 6.07) is 2.69. The zero-order valence-electron chi connectivity index (χ0n) is 9.70. The van der Waals surface area contributed by atoms with E-state index < -0.39 is 17.0 Å². The third kappa shape index (κ3) is 2.80. The fraction of sp³-hybridized carbons (Fsp3) is 0.500. The smallest absolute Gasteiger partial charge is 0.144 e. The molecule has 0 unspecified atom stereocenters. The Balaban J connectivity index is 3.15. The third-order valence-corrected chi connectivity index (χ3v) is 3.33. The van der Waals surface area contributed by atoms with Gasteiger partial charge in [-0.1, -0.05) is 13.8 Å².